The fourth-order valence-electron chi connectivity index (χ4n) is 1.28. The van der Waals surface area contributed by atoms with E-state index < -0.39 is 36.4 Å². The molecule has 0 heterocycles. The topological polar surface area (TPSA) is 41.1 Å². The second-order valence-corrected chi connectivity index (χ2v) is 4.01. The first kappa shape index (κ1) is 16.9. The van der Waals surface area contributed by atoms with Gasteiger partial charge in [-0.2, -0.15) is 26.3 Å². The number of urea groups is 1. The van der Waals surface area contributed by atoms with E-state index in [0.717, 1.165) is 5.32 Å². The summed E-state index contributed by atoms with van der Waals surface area (Å²) in [6, 6.07) is -2.09. The Labute approximate surface area is 99.9 Å². The molecule has 0 aliphatic heterocycles. The third-order valence-corrected chi connectivity index (χ3v) is 2.24. The number of hydrogen-bond acceptors (Lipinski definition) is 1. The number of halogens is 6. The predicted molar refractivity (Wildman–Crippen MR) is 51.9 cm³/mol. The number of nitrogens with one attached hydrogen (secondary N) is 2. The van der Waals surface area contributed by atoms with Crippen molar-refractivity contribution in [1.82, 2.24) is 10.6 Å². The fraction of sp³-hybridized carbons (Fsp3) is 0.889. The SMILES string of the molecule is CCC(NC(=O)NC(C)C)(C(F)(F)F)C(F)(F)F. The smallest absolute Gasteiger partial charge is 0.336 e. The van der Waals surface area contributed by atoms with Crippen molar-refractivity contribution in [2.75, 3.05) is 0 Å². The third-order valence-electron chi connectivity index (χ3n) is 2.24. The van der Waals surface area contributed by atoms with Crippen LogP contribution in [0, 0.1) is 0 Å². The molecule has 0 aromatic carbocycles. The summed E-state index contributed by atoms with van der Waals surface area (Å²) < 4.78 is 75.6. The summed E-state index contributed by atoms with van der Waals surface area (Å²) in [6.07, 6.45) is -12.6. The van der Waals surface area contributed by atoms with E-state index in [4.69, 9.17) is 0 Å². The van der Waals surface area contributed by atoms with Crippen LogP contribution in [0.1, 0.15) is 27.2 Å². The van der Waals surface area contributed by atoms with Gasteiger partial charge in [-0.3, -0.25) is 0 Å². The number of amides is 2. The van der Waals surface area contributed by atoms with Crippen molar-refractivity contribution < 1.29 is 31.1 Å². The zero-order chi connectivity index (χ0) is 14.8. The lowest BCUT2D eigenvalue weighted by molar-refractivity contribution is -0.304. The standard InChI is InChI=1S/C9H14F6N2O/c1-4-7(8(10,11)12,9(13,14)15)17-6(18)16-5(2)3/h5H,4H2,1-3H3,(H2,16,17,18). The van der Waals surface area contributed by atoms with Crippen molar-refractivity contribution in [3.8, 4) is 0 Å². The highest BCUT2D eigenvalue weighted by molar-refractivity contribution is 5.75. The molecule has 2 amide bonds. The highest BCUT2D eigenvalue weighted by atomic mass is 19.4. The average molecular weight is 280 g/mol. The minimum Gasteiger partial charge on any atom is -0.336 e. The van der Waals surface area contributed by atoms with E-state index in [1.54, 1.807) is 0 Å². The van der Waals surface area contributed by atoms with Crippen molar-refractivity contribution in [2.45, 2.75) is 51.1 Å². The monoisotopic (exact) mass is 280 g/mol. The molecule has 9 heteroatoms. The molecule has 0 fully saturated rings. The second kappa shape index (κ2) is 5.23. The van der Waals surface area contributed by atoms with Crippen molar-refractivity contribution in [2.24, 2.45) is 0 Å². The van der Waals surface area contributed by atoms with Gasteiger partial charge in [0.05, 0.1) is 0 Å². The molecule has 0 rings (SSSR count). The van der Waals surface area contributed by atoms with Gasteiger partial charge in [0.2, 0.25) is 5.54 Å². The van der Waals surface area contributed by atoms with Gasteiger partial charge in [0.1, 0.15) is 0 Å². The predicted octanol–water partition coefficient (Wildman–Crippen LogP) is 2.97. The summed E-state index contributed by atoms with van der Waals surface area (Å²) in [7, 11) is 0. The first-order valence-corrected chi connectivity index (χ1v) is 5.09. The van der Waals surface area contributed by atoms with Crippen LogP contribution in [0.3, 0.4) is 0 Å². The minimum atomic E-state index is -5.63. The first-order chi connectivity index (χ1) is 7.87. The molecule has 3 nitrogen and oxygen atoms in total. The summed E-state index contributed by atoms with van der Waals surface area (Å²) in [5, 5.41) is 2.92. The molecule has 18 heavy (non-hydrogen) atoms. The first-order valence-electron chi connectivity index (χ1n) is 5.09. The van der Waals surface area contributed by atoms with Gasteiger partial charge in [-0.1, -0.05) is 6.92 Å². The van der Waals surface area contributed by atoms with Crippen LogP contribution in [0.25, 0.3) is 0 Å². The van der Waals surface area contributed by atoms with E-state index in [1.807, 2.05) is 5.32 Å². The number of hydrogen-bond donors (Lipinski definition) is 2. The highest BCUT2D eigenvalue weighted by Gasteiger charge is 2.70. The van der Waals surface area contributed by atoms with Crippen LogP contribution in [0.5, 0.6) is 0 Å². The summed E-state index contributed by atoms with van der Waals surface area (Å²) in [6.45, 7) is 3.53. The van der Waals surface area contributed by atoms with Crippen LogP contribution in [-0.4, -0.2) is 30.0 Å². The van der Waals surface area contributed by atoms with Crippen LogP contribution in [0.2, 0.25) is 0 Å². The molecule has 0 atom stereocenters. The summed E-state index contributed by atoms with van der Waals surface area (Å²) in [5.74, 6) is 0. The van der Waals surface area contributed by atoms with Crippen LogP contribution >= 0.6 is 0 Å². The van der Waals surface area contributed by atoms with Crippen molar-refractivity contribution in [3.63, 3.8) is 0 Å². The molecule has 0 saturated carbocycles. The Hall–Kier alpha value is -1.15. The minimum absolute atomic E-state index is 0.582. The molecule has 2 N–H and O–H groups in total. The van der Waals surface area contributed by atoms with Gasteiger partial charge in [0.25, 0.3) is 0 Å². The normalized spacial score (nSPS) is 13.7. The van der Waals surface area contributed by atoms with E-state index >= 15 is 0 Å². The van der Waals surface area contributed by atoms with E-state index in [9.17, 15) is 31.1 Å². The molecule has 0 spiro atoms. The maximum atomic E-state index is 12.6. The summed E-state index contributed by atoms with van der Waals surface area (Å²) in [4.78, 5) is 11.1. The summed E-state index contributed by atoms with van der Waals surface area (Å²) >= 11 is 0. The number of rotatable bonds is 3. The van der Waals surface area contributed by atoms with Gasteiger partial charge in [0.15, 0.2) is 0 Å². The van der Waals surface area contributed by atoms with Crippen LogP contribution in [0.15, 0.2) is 0 Å². The zero-order valence-corrected chi connectivity index (χ0v) is 9.96. The van der Waals surface area contributed by atoms with Crippen molar-refractivity contribution >= 4 is 6.03 Å². The molecule has 0 aromatic rings. The van der Waals surface area contributed by atoms with Crippen LogP contribution in [-0.2, 0) is 0 Å². The highest BCUT2D eigenvalue weighted by Crippen LogP contribution is 2.45. The molecule has 0 aromatic heterocycles. The molecule has 0 unspecified atom stereocenters. The Balaban J connectivity index is 5.31. The quantitative estimate of drug-likeness (QED) is 0.767. The molecular weight excluding hydrogens is 266 g/mol. The van der Waals surface area contributed by atoms with Gasteiger partial charge in [-0.05, 0) is 20.3 Å². The van der Waals surface area contributed by atoms with Gasteiger partial charge in [-0.25, -0.2) is 4.79 Å². The number of carbonyl (C=O) groups excluding carboxylic acids is 1. The Kier molecular flexibility index (Phi) is 4.90. The Morgan fingerprint density at radius 2 is 1.44 bits per heavy atom. The molecule has 0 aliphatic rings. The average Bonchev–Trinajstić information content (AvgIpc) is 2.08. The second-order valence-electron chi connectivity index (χ2n) is 4.01. The fourth-order valence-corrected chi connectivity index (χ4v) is 1.28. The molecule has 0 aliphatic carbocycles. The van der Waals surface area contributed by atoms with Gasteiger partial charge >= 0.3 is 18.4 Å². The van der Waals surface area contributed by atoms with Gasteiger partial charge < -0.3 is 10.6 Å². The molecule has 0 saturated heterocycles. The van der Waals surface area contributed by atoms with Crippen molar-refractivity contribution in [1.29, 1.82) is 0 Å². The van der Waals surface area contributed by atoms with Gasteiger partial charge in [0, 0.05) is 6.04 Å². The largest absolute Gasteiger partial charge is 0.420 e. The molecule has 0 bridgehead atoms. The lowest BCUT2D eigenvalue weighted by Crippen LogP contribution is -2.68. The Bertz CT molecular complexity index is 282. The maximum Gasteiger partial charge on any atom is 0.420 e. The van der Waals surface area contributed by atoms with Crippen LogP contribution < -0.4 is 10.6 Å². The Morgan fingerprint density at radius 3 is 1.67 bits per heavy atom. The number of carbonyl (C=O) groups is 1. The zero-order valence-electron chi connectivity index (χ0n) is 9.96. The van der Waals surface area contributed by atoms with E-state index in [1.165, 1.54) is 13.8 Å². The van der Waals surface area contributed by atoms with Crippen LogP contribution in [0.4, 0.5) is 31.1 Å². The number of alkyl halides is 6. The molecule has 108 valence electrons. The maximum absolute atomic E-state index is 12.6. The van der Waals surface area contributed by atoms with E-state index in [0.29, 0.717) is 6.92 Å². The van der Waals surface area contributed by atoms with E-state index in [-0.39, 0.29) is 0 Å². The molecule has 0 radical (unpaired) electrons. The Morgan fingerprint density at radius 1 is 1.06 bits per heavy atom. The van der Waals surface area contributed by atoms with Crippen molar-refractivity contribution in [3.05, 3.63) is 0 Å². The lowest BCUT2D eigenvalue weighted by Gasteiger charge is -2.37. The lowest BCUT2D eigenvalue weighted by atomic mass is 9.94. The van der Waals surface area contributed by atoms with E-state index in [2.05, 4.69) is 0 Å². The van der Waals surface area contributed by atoms with Gasteiger partial charge in [-0.15, -0.1) is 0 Å². The molecular formula is C9H14F6N2O. The third kappa shape index (κ3) is 3.42. The summed E-state index contributed by atoms with van der Waals surface area (Å²) in [5.41, 5.74) is -4.24.